The molecule has 8 heteroatoms. The Balaban J connectivity index is 1.86. The van der Waals surface area contributed by atoms with Crippen LogP contribution in [-0.2, 0) is 16.4 Å². The number of rotatable bonds is 10. The van der Waals surface area contributed by atoms with Gasteiger partial charge in [-0.1, -0.05) is 68.8 Å². The van der Waals surface area contributed by atoms with Gasteiger partial charge >= 0.3 is 0 Å². The second-order valence-corrected chi connectivity index (χ2v) is 10.7. The maximum atomic E-state index is 13.6. The number of phenols is 2. The van der Waals surface area contributed by atoms with Crippen molar-refractivity contribution in [1.82, 2.24) is 0 Å². The highest BCUT2D eigenvalue weighted by atomic mass is 32.2. The predicted molar refractivity (Wildman–Crippen MR) is 148 cm³/mol. The molecule has 4 rings (SSSR count). The first-order chi connectivity index (χ1) is 17.9. The van der Waals surface area contributed by atoms with Crippen molar-refractivity contribution in [3.8, 4) is 11.5 Å². The van der Waals surface area contributed by atoms with Crippen LogP contribution in [0.25, 0.3) is 10.8 Å². The van der Waals surface area contributed by atoms with Crippen LogP contribution in [0, 0.1) is 0 Å². The Morgan fingerprint density at radius 2 is 1.57 bits per heavy atom. The highest BCUT2D eigenvalue weighted by molar-refractivity contribution is 7.92. The van der Waals surface area contributed by atoms with Gasteiger partial charge in [0.2, 0.25) is 0 Å². The summed E-state index contributed by atoms with van der Waals surface area (Å²) >= 11 is 0. The Morgan fingerprint density at radius 3 is 2.30 bits per heavy atom. The molecule has 4 aromatic carbocycles. The number of hydrogen-bond donors (Lipinski definition) is 2. The molecule has 0 aliphatic carbocycles. The third-order valence-corrected chi connectivity index (χ3v) is 7.94. The van der Waals surface area contributed by atoms with Crippen molar-refractivity contribution in [1.29, 1.82) is 0 Å². The summed E-state index contributed by atoms with van der Waals surface area (Å²) in [5, 5.41) is 32.0. The van der Waals surface area contributed by atoms with Gasteiger partial charge in [0.05, 0.1) is 10.6 Å². The first-order valence-corrected chi connectivity index (χ1v) is 13.9. The Labute approximate surface area is 217 Å². The number of aryl methyl sites for hydroxylation is 1. The number of azo groups is 1. The summed E-state index contributed by atoms with van der Waals surface area (Å²) in [6.07, 6.45) is 3.09. The van der Waals surface area contributed by atoms with Gasteiger partial charge in [0.25, 0.3) is 10.0 Å². The Kier molecular flexibility index (Phi) is 8.08. The van der Waals surface area contributed by atoms with Gasteiger partial charge in [-0.2, -0.15) is 0 Å². The van der Waals surface area contributed by atoms with Crippen molar-refractivity contribution < 1.29 is 18.6 Å². The predicted octanol–water partition coefficient (Wildman–Crippen LogP) is 7.61. The quantitative estimate of drug-likeness (QED) is 0.211. The first kappa shape index (κ1) is 26.2. The lowest BCUT2D eigenvalue weighted by molar-refractivity contribution is 0.474. The minimum absolute atomic E-state index is 0.0384. The molecule has 0 radical (unpaired) electrons. The topological polar surface area (TPSA) is 103 Å². The molecular formula is C29H31N3O4S. The van der Waals surface area contributed by atoms with E-state index in [4.69, 9.17) is 0 Å². The number of aromatic hydroxyl groups is 2. The zero-order valence-electron chi connectivity index (χ0n) is 21.0. The summed E-state index contributed by atoms with van der Waals surface area (Å²) in [5.41, 5.74) is 1.42. The largest absolute Gasteiger partial charge is 0.506 e. The third-order valence-electron chi connectivity index (χ3n) is 6.11. The normalized spacial score (nSPS) is 11.8. The highest BCUT2D eigenvalue weighted by Gasteiger charge is 2.28. The molecule has 0 heterocycles. The molecule has 0 saturated heterocycles. The zero-order chi connectivity index (χ0) is 26.4. The van der Waals surface area contributed by atoms with Crippen LogP contribution < -0.4 is 4.31 Å². The molecule has 0 atom stereocenters. The summed E-state index contributed by atoms with van der Waals surface area (Å²) in [5.74, 6) is -0.319. The fourth-order valence-corrected chi connectivity index (χ4v) is 5.77. The third kappa shape index (κ3) is 5.59. The minimum atomic E-state index is -3.93. The molecule has 0 aliphatic heterocycles. The fourth-order valence-electron chi connectivity index (χ4n) is 4.20. The number of hydrogen-bond acceptors (Lipinski definition) is 6. The molecule has 7 nitrogen and oxygen atoms in total. The number of sulfonamides is 1. The average Bonchev–Trinajstić information content (AvgIpc) is 2.91. The molecular weight excluding hydrogens is 486 g/mol. The van der Waals surface area contributed by atoms with E-state index in [1.165, 1.54) is 4.31 Å². The summed E-state index contributed by atoms with van der Waals surface area (Å²) in [4.78, 5) is 0.144. The van der Waals surface area contributed by atoms with E-state index in [0.29, 0.717) is 18.2 Å². The Hall–Kier alpha value is -3.91. The van der Waals surface area contributed by atoms with Gasteiger partial charge in [-0.3, -0.25) is 4.31 Å². The molecule has 4 aromatic rings. The van der Waals surface area contributed by atoms with Crippen molar-refractivity contribution in [2.75, 3.05) is 10.8 Å². The number of nitrogens with zero attached hydrogens (tertiary/aromatic N) is 3. The molecule has 37 heavy (non-hydrogen) atoms. The molecule has 0 spiro atoms. The van der Waals surface area contributed by atoms with E-state index in [9.17, 15) is 18.6 Å². The minimum Gasteiger partial charge on any atom is -0.506 e. The van der Waals surface area contributed by atoms with Gasteiger partial charge < -0.3 is 10.2 Å². The fraction of sp³-hybridized carbons (Fsp3) is 0.241. The SMILES string of the molecule is CCCCc1cc(N=Nc2c(O)ccc3ccccc23)c(O)c(N(CCC)S(=O)(=O)c2ccccc2)c1. The van der Waals surface area contributed by atoms with Crippen molar-refractivity contribution in [2.45, 2.75) is 44.4 Å². The number of unbranched alkanes of at least 4 members (excludes halogenated alkanes) is 1. The van der Waals surface area contributed by atoms with Crippen molar-refractivity contribution in [2.24, 2.45) is 10.2 Å². The van der Waals surface area contributed by atoms with E-state index < -0.39 is 10.0 Å². The molecule has 192 valence electrons. The van der Waals surface area contributed by atoms with E-state index in [-0.39, 0.29) is 40.0 Å². The van der Waals surface area contributed by atoms with Gasteiger partial charge in [-0.05, 0) is 60.5 Å². The number of anilines is 1. The molecule has 0 fully saturated rings. The highest BCUT2D eigenvalue weighted by Crippen LogP contribution is 2.43. The lowest BCUT2D eigenvalue weighted by atomic mass is 10.1. The summed E-state index contributed by atoms with van der Waals surface area (Å²) in [6, 6.07) is 22.5. The maximum absolute atomic E-state index is 13.6. The molecule has 0 saturated carbocycles. The Morgan fingerprint density at radius 1 is 0.838 bits per heavy atom. The smallest absolute Gasteiger partial charge is 0.264 e. The summed E-state index contributed by atoms with van der Waals surface area (Å²) < 4.78 is 28.5. The zero-order valence-corrected chi connectivity index (χ0v) is 21.8. The standard InChI is InChI=1S/C29H31N3O4S/c1-3-5-11-21-19-25(30-31-28-24-15-10-9-12-22(24)16-17-27(28)33)29(34)26(20-21)32(18-4-2)37(35,36)23-13-7-6-8-14-23/h6-10,12-17,19-20,33-34H,3-5,11,18H2,1-2H3. The van der Waals surface area contributed by atoms with Crippen LogP contribution in [0.3, 0.4) is 0 Å². The second-order valence-electron chi connectivity index (χ2n) is 8.83. The van der Waals surface area contributed by atoms with Crippen LogP contribution in [0.1, 0.15) is 38.7 Å². The van der Waals surface area contributed by atoms with Crippen LogP contribution in [0.15, 0.2) is 94.0 Å². The van der Waals surface area contributed by atoms with Gasteiger partial charge in [0.1, 0.15) is 17.1 Å². The second kappa shape index (κ2) is 11.4. The lowest BCUT2D eigenvalue weighted by Gasteiger charge is -2.26. The van der Waals surface area contributed by atoms with E-state index in [2.05, 4.69) is 17.2 Å². The number of fused-ring (bicyclic) bond motifs is 1. The van der Waals surface area contributed by atoms with Gasteiger partial charge in [-0.25, -0.2) is 8.42 Å². The molecule has 0 aliphatic rings. The van der Waals surface area contributed by atoms with Gasteiger partial charge in [0.15, 0.2) is 5.75 Å². The van der Waals surface area contributed by atoms with E-state index in [0.717, 1.165) is 23.8 Å². The molecule has 0 bridgehead atoms. The average molecular weight is 518 g/mol. The van der Waals surface area contributed by atoms with Crippen LogP contribution >= 0.6 is 0 Å². The Bertz CT molecular complexity index is 1520. The van der Waals surface area contributed by atoms with Crippen LogP contribution in [0.5, 0.6) is 11.5 Å². The van der Waals surface area contributed by atoms with Crippen LogP contribution in [0.2, 0.25) is 0 Å². The van der Waals surface area contributed by atoms with E-state index in [1.807, 2.05) is 31.2 Å². The molecule has 0 amide bonds. The lowest BCUT2D eigenvalue weighted by Crippen LogP contribution is -2.32. The monoisotopic (exact) mass is 517 g/mol. The molecule has 0 aromatic heterocycles. The molecule has 0 unspecified atom stereocenters. The van der Waals surface area contributed by atoms with Crippen molar-refractivity contribution in [3.05, 3.63) is 84.4 Å². The van der Waals surface area contributed by atoms with E-state index >= 15 is 0 Å². The van der Waals surface area contributed by atoms with E-state index in [1.54, 1.807) is 54.6 Å². The number of phenolic OH excluding ortho intramolecular Hbond substituents is 2. The van der Waals surface area contributed by atoms with Crippen molar-refractivity contribution in [3.63, 3.8) is 0 Å². The van der Waals surface area contributed by atoms with Gasteiger partial charge in [-0.15, -0.1) is 10.2 Å². The van der Waals surface area contributed by atoms with Crippen LogP contribution in [-0.4, -0.2) is 25.2 Å². The summed E-state index contributed by atoms with van der Waals surface area (Å²) in [7, 11) is -3.93. The maximum Gasteiger partial charge on any atom is 0.264 e. The van der Waals surface area contributed by atoms with Crippen molar-refractivity contribution >= 4 is 37.9 Å². The molecule has 2 N–H and O–H groups in total. The van der Waals surface area contributed by atoms with Crippen LogP contribution in [0.4, 0.5) is 17.1 Å². The number of benzene rings is 4. The van der Waals surface area contributed by atoms with Gasteiger partial charge in [0, 0.05) is 11.9 Å². The summed E-state index contributed by atoms with van der Waals surface area (Å²) in [6.45, 7) is 4.15. The first-order valence-electron chi connectivity index (χ1n) is 12.4.